The number of thioether (sulfide) groups is 1. The van der Waals surface area contributed by atoms with Gasteiger partial charge in [-0.25, -0.2) is 9.78 Å². The molecule has 0 unspecified atom stereocenters. The molecule has 0 atom stereocenters. The van der Waals surface area contributed by atoms with E-state index in [-0.39, 0.29) is 43.3 Å². The van der Waals surface area contributed by atoms with E-state index in [0.717, 1.165) is 21.8 Å². The molecule has 1 heterocycles. The number of ether oxygens (including phenoxy) is 1. The molecule has 0 aliphatic rings. The zero-order chi connectivity index (χ0) is 33.9. The predicted octanol–water partition coefficient (Wildman–Crippen LogP) is 5.63. The SMILES string of the molecule is CC(C)CSc1cc(N)cc(-c2cnc(NC(C)C)c(=O)n2CC(=O)NCc2ccc(C(=N)NC(=O)OCc3ccccc3)cc2)c1. The molecule has 0 spiro atoms. The molecule has 0 aliphatic heterocycles. The Kier molecular flexibility index (Phi) is 12.2. The first-order valence-electron chi connectivity index (χ1n) is 15.3. The van der Waals surface area contributed by atoms with Gasteiger partial charge in [0, 0.05) is 40.0 Å². The molecule has 3 aromatic carbocycles. The number of hydrogen-bond donors (Lipinski definition) is 5. The Labute approximate surface area is 278 Å². The van der Waals surface area contributed by atoms with Gasteiger partial charge in [0.15, 0.2) is 5.82 Å². The van der Waals surface area contributed by atoms with E-state index in [4.69, 9.17) is 15.9 Å². The average Bonchev–Trinajstić information content (AvgIpc) is 3.04. The van der Waals surface area contributed by atoms with Crippen LogP contribution < -0.4 is 27.2 Å². The molecule has 11 nitrogen and oxygen atoms in total. The quantitative estimate of drug-likeness (QED) is 0.0535. The van der Waals surface area contributed by atoms with E-state index in [2.05, 4.69) is 34.8 Å². The van der Waals surface area contributed by atoms with Crippen molar-refractivity contribution in [1.82, 2.24) is 20.2 Å². The molecule has 246 valence electrons. The molecule has 0 aliphatic carbocycles. The highest BCUT2D eigenvalue weighted by Crippen LogP contribution is 2.29. The smallest absolute Gasteiger partial charge is 0.413 e. The molecule has 4 rings (SSSR count). The van der Waals surface area contributed by atoms with Crippen LogP contribution >= 0.6 is 11.8 Å². The van der Waals surface area contributed by atoms with E-state index >= 15 is 0 Å². The lowest BCUT2D eigenvalue weighted by Gasteiger charge is -2.17. The van der Waals surface area contributed by atoms with Gasteiger partial charge in [0.1, 0.15) is 19.0 Å². The molecular weight excluding hydrogens is 614 g/mol. The molecule has 0 fully saturated rings. The first-order valence-corrected chi connectivity index (χ1v) is 16.3. The monoisotopic (exact) mass is 655 g/mol. The fraction of sp³-hybridized carbons (Fsp3) is 0.286. The summed E-state index contributed by atoms with van der Waals surface area (Å²) in [6, 6.07) is 21.7. The molecule has 4 aromatic rings. The van der Waals surface area contributed by atoms with Crippen molar-refractivity contribution in [2.24, 2.45) is 5.92 Å². The van der Waals surface area contributed by atoms with E-state index in [1.54, 1.807) is 48.3 Å². The number of aromatic nitrogens is 2. The summed E-state index contributed by atoms with van der Waals surface area (Å²) in [5, 5.41) is 16.6. The predicted molar refractivity (Wildman–Crippen MR) is 188 cm³/mol. The van der Waals surface area contributed by atoms with E-state index in [0.29, 0.717) is 28.4 Å². The number of amidine groups is 1. The normalized spacial score (nSPS) is 10.9. The minimum absolute atomic E-state index is 0.0330. The molecule has 0 saturated heterocycles. The molecule has 0 radical (unpaired) electrons. The number of anilines is 2. The minimum atomic E-state index is -0.726. The number of nitrogen functional groups attached to an aromatic ring is 1. The zero-order valence-corrected chi connectivity index (χ0v) is 27.8. The standard InChI is InChI=1S/C35H41N7O4S/c1-22(2)21-47-29-15-27(14-28(36)16-29)30-18-39-33(40-23(3)4)34(44)42(30)19-31(43)38-17-24-10-12-26(13-11-24)32(37)41-35(45)46-20-25-8-6-5-7-9-25/h5-16,18,22-23H,17,19-21,36H2,1-4H3,(H,38,43)(H,39,40)(H2,37,41,45). The summed E-state index contributed by atoms with van der Waals surface area (Å²) in [4.78, 5) is 44.2. The number of nitrogens with zero attached hydrogens (tertiary/aromatic N) is 2. The maximum Gasteiger partial charge on any atom is 0.413 e. The molecule has 0 bridgehead atoms. The van der Waals surface area contributed by atoms with Crippen molar-refractivity contribution in [2.45, 2.75) is 58.3 Å². The molecule has 47 heavy (non-hydrogen) atoms. The summed E-state index contributed by atoms with van der Waals surface area (Å²) in [7, 11) is 0. The number of benzene rings is 3. The fourth-order valence-electron chi connectivity index (χ4n) is 4.49. The summed E-state index contributed by atoms with van der Waals surface area (Å²) in [5.41, 5.74) is 9.64. The third-order valence-corrected chi connectivity index (χ3v) is 8.16. The number of hydrogen-bond acceptors (Lipinski definition) is 9. The number of carbonyl (C=O) groups is 2. The third-order valence-electron chi connectivity index (χ3n) is 6.76. The lowest BCUT2D eigenvalue weighted by molar-refractivity contribution is -0.121. The van der Waals surface area contributed by atoms with Gasteiger partial charge < -0.3 is 21.1 Å². The van der Waals surface area contributed by atoms with Gasteiger partial charge in [-0.3, -0.25) is 24.9 Å². The Bertz CT molecular complexity index is 1760. The van der Waals surface area contributed by atoms with Gasteiger partial charge in [0.05, 0.1) is 11.9 Å². The van der Waals surface area contributed by atoms with Gasteiger partial charge >= 0.3 is 6.09 Å². The van der Waals surface area contributed by atoms with Crippen LogP contribution in [0, 0.1) is 11.3 Å². The highest BCUT2D eigenvalue weighted by atomic mass is 32.2. The van der Waals surface area contributed by atoms with Crippen LogP contribution in [0.3, 0.4) is 0 Å². The topological polar surface area (TPSA) is 164 Å². The highest BCUT2D eigenvalue weighted by Gasteiger charge is 2.17. The largest absolute Gasteiger partial charge is 0.444 e. The maximum atomic E-state index is 13.5. The summed E-state index contributed by atoms with van der Waals surface area (Å²) in [6.07, 6.45) is 0.862. The van der Waals surface area contributed by atoms with Crippen LogP contribution in [0.1, 0.15) is 44.4 Å². The van der Waals surface area contributed by atoms with E-state index in [9.17, 15) is 14.4 Å². The van der Waals surface area contributed by atoms with E-state index < -0.39 is 11.7 Å². The van der Waals surface area contributed by atoms with Gasteiger partial charge in [-0.05, 0) is 49.1 Å². The first kappa shape index (κ1) is 34.8. The van der Waals surface area contributed by atoms with Crippen molar-refractivity contribution >= 4 is 41.1 Å². The second-order valence-electron chi connectivity index (χ2n) is 11.7. The number of carbonyl (C=O) groups excluding carboxylic acids is 2. The van der Waals surface area contributed by atoms with Gasteiger partial charge in [-0.15, -0.1) is 11.8 Å². The second-order valence-corrected chi connectivity index (χ2v) is 12.8. The Morgan fingerprint density at radius 2 is 1.72 bits per heavy atom. The molecular formula is C35H41N7O4S. The summed E-state index contributed by atoms with van der Waals surface area (Å²) >= 11 is 1.68. The van der Waals surface area contributed by atoms with Crippen LogP contribution in [0.2, 0.25) is 0 Å². The molecule has 1 aromatic heterocycles. The number of nitrogens with one attached hydrogen (secondary N) is 4. The van der Waals surface area contributed by atoms with Crippen molar-refractivity contribution in [2.75, 3.05) is 16.8 Å². The number of amides is 2. The van der Waals surface area contributed by atoms with Crippen molar-refractivity contribution in [1.29, 1.82) is 5.41 Å². The van der Waals surface area contributed by atoms with Crippen LogP contribution in [0.4, 0.5) is 16.3 Å². The maximum absolute atomic E-state index is 13.5. The number of rotatable bonds is 13. The van der Waals surface area contributed by atoms with Crippen LogP contribution in [0.15, 0.2) is 88.7 Å². The van der Waals surface area contributed by atoms with E-state index in [1.165, 1.54) is 4.57 Å². The van der Waals surface area contributed by atoms with Gasteiger partial charge in [-0.2, -0.15) is 0 Å². The molecule has 12 heteroatoms. The Morgan fingerprint density at radius 3 is 2.40 bits per heavy atom. The lowest BCUT2D eigenvalue weighted by Crippen LogP contribution is -2.35. The number of nitrogens with two attached hydrogens (primary N) is 1. The van der Waals surface area contributed by atoms with Crippen LogP contribution in [-0.4, -0.2) is 39.2 Å². The van der Waals surface area contributed by atoms with Crippen molar-refractivity contribution in [3.63, 3.8) is 0 Å². The van der Waals surface area contributed by atoms with E-state index in [1.807, 2.05) is 56.3 Å². The Hall–Kier alpha value is -5.10. The van der Waals surface area contributed by atoms with Gasteiger partial charge in [0.2, 0.25) is 5.91 Å². The Balaban J connectivity index is 1.42. The third kappa shape index (κ3) is 10.5. The molecule has 6 N–H and O–H groups in total. The van der Waals surface area contributed by atoms with Crippen molar-refractivity contribution < 1.29 is 14.3 Å². The number of alkyl carbamates (subject to hydrolysis) is 1. The molecule has 0 saturated carbocycles. The average molecular weight is 656 g/mol. The lowest BCUT2D eigenvalue weighted by atomic mass is 10.1. The fourth-order valence-corrected chi connectivity index (χ4v) is 5.44. The van der Waals surface area contributed by atoms with Crippen LogP contribution in [0.25, 0.3) is 11.3 Å². The first-order chi connectivity index (χ1) is 22.5. The highest BCUT2D eigenvalue weighted by molar-refractivity contribution is 7.99. The van der Waals surface area contributed by atoms with Crippen molar-refractivity contribution in [3.8, 4) is 11.3 Å². The summed E-state index contributed by atoms with van der Waals surface area (Å²) in [6.45, 7) is 8.16. The van der Waals surface area contributed by atoms with Crippen LogP contribution in [-0.2, 0) is 29.2 Å². The van der Waals surface area contributed by atoms with Gasteiger partial charge in [0.25, 0.3) is 5.56 Å². The summed E-state index contributed by atoms with van der Waals surface area (Å²) < 4.78 is 6.59. The molecule has 2 amide bonds. The Morgan fingerprint density at radius 1 is 1.00 bits per heavy atom. The van der Waals surface area contributed by atoms with Gasteiger partial charge in [-0.1, -0.05) is 68.4 Å². The second kappa shape index (κ2) is 16.5. The van der Waals surface area contributed by atoms with Crippen LogP contribution in [0.5, 0.6) is 0 Å². The van der Waals surface area contributed by atoms with Crippen molar-refractivity contribution in [3.05, 3.63) is 106 Å². The summed E-state index contributed by atoms with van der Waals surface area (Å²) in [5.74, 6) is 1.08. The minimum Gasteiger partial charge on any atom is -0.444 e. The zero-order valence-electron chi connectivity index (χ0n) is 27.0.